The molecule has 4 aliphatic rings. The molecule has 3 N–H and O–H groups in total. The van der Waals surface area contributed by atoms with E-state index in [-0.39, 0.29) is 23.9 Å². The van der Waals surface area contributed by atoms with Crippen molar-refractivity contribution in [1.29, 1.82) is 0 Å². The zero-order valence-electron chi connectivity index (χ0n) is 13.7. The number of carbonyl (C=O) groups excluding carboxylic acids is 2. The molecule has 0 aromatic heterocycles. The summed E-state index contributed by atoms with van der Waals surface area (Å²) >= 11 is 0. The Morgan fingerprint density at radius 1 is 1.32 bits per heavy atom. The summed E-state index contributed by atoms with van der Waals surface area (Å²) in [5, 5.41) is 6.99. The Kier molecular flexibility index (Phi) is 3.94. The molecule has 0 aromatic rings. The maximum Gasteiger partial charge on any atom is 0.418 e. The highest BCUT2D eigenvalue weighted by atomic mass is 32.3. The summed E-state index contributed by atoms with van der Waals surface area (Å²) in [6.45, 7) is 1.93. The van der Waals surface area contributed by atoms with Gasteiger partial charge in [-0.2, -0.15) is 13.5 Å². The van der Waals surface area contributed by atoms with Gasteiger partial charge in [-0.3, -0.25) is 9.35 Å². The molecule has 2 atom stereocenters. The average Bonchev–Trinajstić information content (AvgIpc) is 3.26. The Hall–Kier alpha value is -1.43. The van der Waals surface area contributed by atoms with Crippen LogP contribution < -0.4 is 10.6 Å². The number of nitrogens with one attached hydrogen (secondary N) is 2. The van der Waals surface area contributed by atoms with E-state index in [1.165, 1.54) is 4.90 Å². The van der Waals surface area contributed by atoms with Gasteiger partial charge in [0.2, 0.25) is 5.91 Å². The van der Waals surface area contributed by atoms with E-state index in [1.54, 1.807) is 0 Å². The summed E-state index contributed by atoms with van der Waals surface area (Å²) < 4.78 is 35.6. The van der Waals surface area contributed by atoms with E-state index in [0.717, 1.165) is 43.8 Å². The van der Waals surface area contributed by atoms with Crippen molar-refractivity contribution in [2.24, 2.45) is 5.41 Å². The molecule has 1 spiro atoms. The number of amides is 3. The maximum atomic E-state index is 12.8. The van der Waals surface area contributed by atoms with Crippen LogP contribution in [0.1, 0.15) is 32.1 Å². The van der Waals surface area contributed by atoms with Crippen LogP contribution in [0.2, 0.25) is 0 Å². The molecule has 0 radical (unpaired) electrons. The van der Waals surface area contributed by atoms with Gasteiger partial charge in [-0.15, -0.1) is 4.28 Å². The first-order chi connectivity index (χ1) is 11.8. The largest absolute Gasteiger partial charge is 0.418 e. The highest BCUT2D eigenvalue weighted by molar-refractivity contribution is 7.80. The van der Waals surface area contributed by atoms with Gasteiger partial charge in [0.05, 0.1) is 6.04 Å². The number of rotatable bonds is 4. The third kappa shape index (κ3) is 3.09. The van der Waals surface area contributed by atoms with E-state index >= 15 is 0 Å². The Bertz CT molecular complexity index is 687. The van der Waals surface area contributed by atoms with Gasteiger partial charge in [0, 0.05) is 12.6 Å². The molecule has 0 unspecified atom stereocenters. The first kappa shape index (κ1) is 17.0. The first-order valence-electron chi connectivity index (χ1n) is 8.57. The summed E-state index contributed by atoms with van der Waals surface area (Å²) in [5.41, 5.74) is -0.302. The van der Waals surface area contributed by atoms with Gasteiger partial charge in [0.1, 0.15) is 6.04 Å². The normalized spacial score (nSPS) is 31.5. The molecule has 3 heterocycles. The smallest absolute Gasteiger partial charge is 0.351 e. The van der Waals surface area contributed by atoms with Crippen LogP contribution in [0.15, 0.2) is 0 Å². The standard InChI is InChI=1S/C14H22N4O6S/c19-12(16-9-1-5-15-6-2-9)10-7-14(3-4-14)11-8-17(10)13(20)18(11)24-25(21,22)23/h9-11,15H,1-8H2,(H,16,19)(H,21,22,23)/t10-,11-/m0/s1. The van der Waals surface area contributed by atoms with Crippen molar-refractivity contribution < 1.29 is 26.8 Å². The monoisotopic (exact) mass is 374 g/mol. The lowest BCUT2D eigenvalue weighted by atomic mass is 9.85. The van der Waals surface area contributed by atoms with Crippen LogP contribution in [0.25, 0.3) is 0 Å². The number of nitrogens with zero attached hydrogens (tertiary/aromatic N) is 2. The second kappa shape index (κ2) is 5.79. The van der Waals surface area contributed by atoms with Gasteiger partial charge in [-0.1, -0.05) is 0 Å². The number of carbonyl (C=O) groups is 2. The van der Waals surface area contributed by atoms with Gasteiger partial charge in [0.15, 0.2) is 0 Å². The van der Waals surface area contributed by atoms with E-state index in [9.17, 15) is 18.0 Å². The number of hydroxylamine groups is 2. The van der Waals surface area contributed by atoms with Gasteiger partial charge in [-0.05, 0) is 50.6 Å². The number of urea groups is 1. The minimum absolute atomic E-state index is 0.0875. The molecule has 3 aliphatic heterocycles. The third-order valence-electron chi connectivity index (χ3n) is 5.82. The Morgan fingerprint density at radius 2 is 2.00 bits per heavy atom. The molecule has 3 amide bonds. The zero-order chi connectivity index (χ0) is 17.8. The Labute approximate surface area is 145 Å². The molecule has 3 saturated heterocycles. The van der Waals surface area contributed by atoms with Crippen molar-refractivity contribution in [3.63, 3.8) is 0 Å². The highest BCUT2D eigenvalue weighted by Gasteiger charge is 2.65. The van der Waals surface area contributed by atoms with Crippen LogP contribution in [-0.4, -0.2) is 72.6 Å². The summed E-state index contributed by atoms with van der Waals surface area (Å²) in [6, 6.07) is -1.68. The Balaban J connectivity index is 1.52. The van der Waals surface area contributed by atoms with Crippen LogP contribution in [0.5, 0.6) is 0 Å². The molecule has 0 aromatic carbocycles. The fourth-order valence-corrected chi connectivity index (χ4v) is 4.68. The van der Waals surface area contributed by atoms with Crippen LogP contribution in [0.4, 0.5) is 4.79 Å². The van der Waals surface area contributed by atoms with Crippen molar-refractivity contribution >= 4 is 22.3 Å². The lowest BCUT2D eigenvalue weighted by molar-refractivity contribution is -0.128. The predicted octanol–water partition coefficient (Wildman–Crippen LogP) is -0.752. The first-order valence-corrected chi connectivity index (χ1v) is 9.94. The lowest BCUT2D eigenvalue weighted by Crippen LogP contribution is -2.55. The highest BCUT2D eigenvalue weighted by Crippen LogP contribution is 2.59. The van der Waals surface area contributed by atoms with Gasteiger partial charge in [-0.25, -0.2) is 4.79 Å². The summed E-state index contributed by atoms with van der Waals surface area (Å²) in [6.07, 6.45) is 3.80. The Morgan fingerprint density at radius 3 is 2.60 bits per heavy atom. The van der Waals surface area contributed by atoms with Crippen molar-refractivity contribution in [2.75, 3.05) is 19.6 Å². The predicted molar refractivity (Wildman–Crippen MR) is 84.5 cm³/mol. The van der Waals surface area contributed by atoms with Gasteiger partial charge < -0.3 is 15.5 Å². The van der Waals surface area contributed by atoms with E-state index < -0.39 is 28.5 Å². The fraction of sp³-hybridized carbons (Fsp3) is 0.857. The molecular formula is C14H22N4O6S. The van der Waals surface area contributed by atoms with Crippen molar-refractivity contribution in [1.82, 2.24) is 20.6 Å². The van der Waals surface area contributed by atoms with Crippen molar-refractivity contribution in [2.45, 2.75) is 50.2 Å². The van der Waals surface area contributed by atoms with Crippen molar-refractivity contribution in [3.8, 4) is 0 Å². The molecule has 140 valence electrons. The zero-order valence-corrected chi connectivity index (χ0v) is 14.5. The number of hydrogen-bond donors (Lipinski definition) is 3. The van der Waals surface area contributed by atoms with Crippen LogP contribution in [0, 0.1) is 5.41 Å². The minimum Gasteiger partial charge on any atom is -0.351 e. The molecule has 2 bridgehead atoms. The topological polar surface area (TPSA) is 128 Å². The molecule has 4 rings (SSSR count). The quantitative estimate of drug-likeness (QED) is 0.552. The van der Waals surface area contributed by atoms with E-state index in [4.69, 9.17) is 4.55 Å². The lowest BCUT2D eigenvalue weighted by Gasteiger charge is -2.36. The molecule has 1 saturated carbocycles. The summed E-state index contributed by atoms with van der Waals surface area (Å²) in [5.74, 6) is -0.196. The van der Waals surface area contributed by atoms with Crippen LogP contribution in [0.3, 0.4) is 0 Å². The van der Waals surface area contributed by atoms with Gasteiger partial charge >= 0.3 is 16.4 Å². The molecule has 11 heteroatoms. The number of piperidine rings is 2. The minimum atomic E-state index is -4.79. The number of fused-ring (bicyclic) bond motifs is 3. The van der Waals surface area contributed by atoms with Gasteiger partial charge in [0.25, 0.3) is 0 Å². The summed E-state index contributed by atoms with van der Waals surface area (Å²) in [4.78, 5) is 26.7. The second-order valence-electron chi connectivity index (χ2n) is 7.39. The number of hydrogen-bond acceptors (Lipinski definition) is 6. The second-order valence-corrected chi connectivity index (χ2v) is 8.40. The maximum absolute atomic E-state index is 12.8. The average molecular weight is 374 g/mol. The molecule has 25 heavy (non-hydrogen) atoms. The summed E-state index contributed by atoms with van der Waals surface area (Å²) in [7, 11) is -4.79. The molecule has 1 aliphatic carbocycles. The van der Waals surface area contributed by atoms with E-state index in [2.05, 4.69) is 14.9 Å². The SMILES string of the molecule is O=C(NC1CCNCC1)[C@@H]1CC2(CC2)[C@@H]2CN1C(=O)N2OS(=O)(=O)O. The third-order valence-corrected chi connectivity index (χ3v) is 6.17. The van der Waals surface area contributed by atoms with Crippen molar-refractivity contribution in [3.05, 3.63) is 0 Å². The van der Waals surface area contributed by atoms with Crippen LogP contribution >= 0.6 is 0 Å². The molecular weight excluding hydrogens is 352 g/mol. The molecule has 10 nitrogen and oxygen atoms in total. The fourth-order valence-electron chi connectivity index (χ4n) is 4.31. The van der Waals surface area contributed by atoms with Crippen LogP contribution in [-0.2, 0) is 19.5 Å². The molecule has 4 fully saturated rings. The van der Waals surface area contributed by atoms with E-state index in [0.29, 0.717) is 6.42 Å². The van der Waals surface area contributed by atoms with E-state index in [1.807, 2.05) is 0 Å².